The highest BCUT2D eigenvalue weighted by molar-refractivity contribution is 7.15. The fourth-order valence-corrected chi connectivity index (χ4v) is 11.5. The summed E-state index contributed by atoms with van der Waals surface area (Å²) in [6.45, 7) is 10.4. The molecule has 1 saturated heterocycles. The minimum absolute atomic E-state index is 0.0145. The number of halogens is 1. The predicted octanol–water partition coefficient (Wildman–Crippen LogP) is 4.13. The van der Waals surface area contributed by atoms with Crippen LogP contribution in [0.25, 0.3) is 16.1 Å². The number of carbonyl (C=O) groups is 6. The van der Waals surface area contributed by atoms with E-state index in [0.717, 1.165) is 37.7 Å². The van der Waals surface area contributed by atoms with Crippen LogP contribution >= 0.6 is 22.9 Å². The lowest BCUT2D eigenvalue weighted by molar-refractivity contribution is -0.144. The van der Waals surface area contributed by atoms with Gasteiger partial charge in [0.05, 0.1) is 44.2 Å². The van der Waals surface area contributed by atoms with E-state index in [4.69, 9.17) is 21.3 Å². The summed E-state index contributed by atoms with van der Waals surface area (Å²) in [5, 5.41) is 40.9. The number of aryl methyl sites for hydroxylation is 2. The lowest BCUT2D eigenvalue weighted by atomic mass is 9.85. The number of benzene rings is 3. The molecule has 9 rings (SSSR count). The van der Waals surface area contributed by atoms with Crippen molar-refractivity contribution >= 4 is 64.1 Å². The number of ether oxygens (including phenoxy) is 1. The zero-order valence-corrected chi connectivity index (χ0v) is 46.6. The first kappa shape index (κ1) is 56.1. The molecule has 0 radical (unpaired) electrons. The van der Waals surface area contributed by atoms with Crippen molar-refractivity contribution in [2.75, 3.05) is 39.8 Å². The van der Waals surface area contributed by atoms with E-state index in [1.54, 1.807) is 29.7 Å². The molecule has 6 heterocycles. The second-order valence-electron chi connectivity index (χ2n) is 21.2. The number of hydrogen-bond donors (Lipinski definition) is 5. The van der Waals surface area contributed by atoms with Gasteiger partial charge in [-0.1, -0.05) is 104 Å². The minimum atomic E-state index is -1.33. The van der Waals surface area contributed by atoms with Crippen molar-refractivity contribution in [3.8, 4) is 16.1 Å². The number of nitrogens with zero attached hydrogens (tertiary/aromatic N) is 9. The summed E-state index contributed by atoms with van der Waals surface area (Å²) in [6, 6.07) is 19.0. The third kappa shape index (κ3) is 12.6. The molecule has 23 heteroatoms. The van der Waals surface area contributed by atoms with Gasteiger partial charge in [0.25, 0.3) is 0 Å². The lowest BCUT2D eigenvalue weighted by Crippen LogP contribution is -2.57. The van der Waals surface area contributed by atoms with E-state index < -0.39 is 83.7 Å². The smallest absolute Gasteiger partial charge is 0.248 e. The Hall–Kier alpha value is -7.66. The molecule has 414 valence electrons. The normalized spacial score (nSPS) is 21.8. The largest absolute Gasteiger partial charge is 0.391 e. The second-order valence-corrected chi connectivity index (χ2v) is 22.9. The van der Waals surface area contributed by atoms with Crippen LogP contribution in [-0.4, -0.2) is 150 Å². The quantitative estimate of drug-likeness (QED) is 0.144. The Morgan fingerprint density at radius 2 is 1.58 bits per heavy atom. The number of thiophene rings is 1. The predicted molar refractivity (Wildman–Crippen MR) is 295 cm³/mol. The average Bonchev–Trinajstić information content (AvgIpc) is 4.40. The van der Waals surface area contributed by atoms with Gasteiger partial charge in [0, 0.05) is 60.6 Å². The zero-order valence-electron chi connectivity index (χ0n) is 45.0. The summed E-state index contributed by atoms with van der Waals surface area (Å²) < 4.78 is 9.28. The molecular weight excluding hydrogens is 1050 g/mol. The van der Waals surface area contributed by atoms with Crippen LogP contribution < -0.4 is 21.3 Å². The molecule has 5 N–H and O–H groups in total. The van der Waals surface area contributed by atoms with E-state index in [9.17, 15) is 33.9 Å². The molecule has 0 aliphatic carbocycles. The Balaban J connectivity index is 0.977. The Morgan fingerprint density at radius 3 is 2.30 bits per heavy atom. The van der Waals surface area contributed by atoms with Crippen LogP contribution in [-0.2, 0) is 46.5 Å². The van der Waals surface area contributed by atoms with Gasteiger partial charge in [-0.25, -0.2) is 4.68 Å². The SMILES string of the molecule is Cc1sc2c(c1C)C(c1ccc(Cl)cc1)=N[C@@H](CC(=O)NC[C@H]1NC(=O)CNC(=O)[C@@H](Cc3ccc(-c4ccccc4)cc3)NC(=O)[C@@H]3C[C@@H](O)CN3C(=O)[C@H](C(C)(C)C)n3cc(nn3)COCCN(C)C1=O)c1nnc(C)n1-2. The fourth-order valence-electron chi connectivity index (χ4n) is 10.1. The number of hydrogen-bond acceptors (Lipinski definition) is 14. The van der Waals surface area contributed by atoms with Crippen molar-refractivity contribution in [1.82, 2.24) is 60.8 Å². The maximum atomic E-state index is 14.6. The minimum Gasteiger partial charge on any atom is -0.391 e. The number of carbonyl (C=O) groups excluding carboxylic acids is 6. The molecule has 1 fully saturated rings. The zero-order chi connectivity index (χ0) is 56.3. The molecule has 79 heavy (non-hydrogen) atoms. The topological polar surface area (TPSA) is 260 Å². The Labute approximate surface area is 466 Å². The molecule has 6 aromatic rings. The Morgan fingerprint density at radius 1 is 0.873 bits per heavy atom. The summed E-state index contributed by atoms with van der Waals surface area (Å²) in [7, 11) is 1.53. The summed E-state index contributed by atoms with van der Waals surface area (Å²) in [6.07, 6.45) is 0.231. The monoisotopic (exact) mass is 1110 g/mol. The molecule has 0 spiro atoms. The number of likely N-dealkylation sites (N-methyl/N-ethyl adjacent to an activating group) is 1. The van der Waals surface area contributed by atoms with Crippen LogP contribution in [0, 0.1) is 26.2 Å². The highest BCUT2D eigenvalue weighted by Crippen LogP contribution is 2.40. The maximum Gasteiger partial charge on any atom is 0.248 e. The third-order valence-electron chi connectivity index (χ3n) is 14.4. The third-order valence-corrected chi connectivity index (χ3v) is 15.8. The van der Waals surface area contributed by atoms with Gasteiger partial charge in [-0.05, 0) is 60.6 Å². The van der Waals surface area contributed by atoms with E-state index in [1.165, 1.54) is 21.5 Å². The van der Waals surface area contributed by atoms with E-state index in [0.29, 0.717) is 33.6 Å². The van der Waals surface area contributed by atoms with Crippen LogP contribution in [0.15, 0.2) is 90.1 Å². The van der Waals surface area contributed by atoms with Crippen molar-refractivity contribution in [1.29, 1.82) is 0 Å². The molecule has 6 atom stereocenters. The molecule has 3 aliphatic heterocycles. The van der Waals surface area contributed by atoms with Gasteiger partial charge < -0.3 is 40.9 Å². The number of aliphatic imine (C=N–C) groups is 1. The standard InChI is InChI=1S/C56H64ClN13O8S/c1-31-32(2)79-55-47(31)48(37-17-19-38(57)20-18-37)61-41(50-65-63-33(3)70(50)55)25-45(72)58-26-43-53(76)67(7)21-22-78-30-39-28-69(66-64-39)49(56(4,5)6)54(77)68-29-40(71)24-44(68)52(75)62-42(51(74)59-27-46(73)60-43)23-34-13-15-36(16-14-34)35-11-9-8-10-12-35/h8-20,28,40-44,49,71H,21-27,29-30H2,1-7H3,(H,58,72)(H,59,74)(H,60,73)(H,62,75)/t40-,41+,42-,43-,44+,49-/m1/s1. The number of amides is 6. The van der Waals surface area contributed by atoms with Gasteiger partial charge in [-0.15, -0.1) is 26.6 Å². The number of nitrogens with one attached hydrogen (secondary N) is 4. The number of fused-ring (bicyclic) bond motifs is 6. The number of aliphatic hydroxyl groups excluding tert-OH is 1. The van der Waals surface area contributed by atoms with E-state index in [1.807, 2.05) is 113 Å². The molecule has 0 unspecified atom stereocenters. The summed E-state index contributed by atoms with van der Waals surface area (Å²) in [5.41, 5.74) is 5.59. The first-order valence-electron chi connectivity index (χ1n) is 26.1. The van der Waals surface area contributed by atoms with E-state index in [2.05, 4.69) is 41.8 Å². The highest BCUT2D eigenvalue weighted by Gasteiger charge is 2.46. The maximum absolute atomic E-state index is 14.6. The number of aromatic nitrogens is 6. The van der Waals surface area contributed by atoms with E-state index >= 15 is 0 Å². The molecule has 3 aliphatic rings. The van der Waals surface area contributed by atoms with Gasteiger partial charge in [0.2, 0.25) is 35.4 Å². The van der Waals surface area contributed by atoms with Crippen molar-refractivity contribution in [3.63, 3.8) is 0 Å². The van der Waals surface area contributed by atoms with Crippen LogP contribution in [0.4, 0.5) is 0 Å². The van der Waals surface area contributed by atoms with Crippen molar-refractivity contribution < 1.29 is 38.6 Å². The van der Waals surface area contributed by atoms with Crippen molar-refractivity contribution in [3.05, 3.63) is 135 Å². The molecule has 21 nitrogen and oxygen atoms in total. The van der Waals surface area contributed by atoms with Gasteiger partial charge in [-0.2, -0.15) is 0 Å². The molecule has 3 aromatic heterocycles. The van der Waals surface area contributed by atoms with Gasteiger partial charge >= 0.3 is 0 Å². The number of rotatable bonds is 8. The molecule has 6 amide bonds. The summed E-state index contributed by atoms with van der Waals surface area (Å²) >= 11 is 7.89. The molecule has 2 bridgehead atoms. The Kier molecular flexibility index (Phi) is 16.9. The van der Waals surface area contributed by atoms with Crippen LogP contribution in [0.5, 0.6) is 0 Å². The van der Waals surface area contributed by atoms with Crippen LogP contribution in [0.2, 0.25) is 5.02 Å². The van der Waals surface area contributed by atoms with Crippen molar-refractivity contribution in [2.24, 2.45) is 10.4 Å². The number of aliphatic hydroxyl groups is 1. The second kappa shape index (κ2) is 23.7. The first-order chi connectivity index (χ1) is 37.7. The van der Waals surface area contributed by atoms with Crippen LogP contribution in [0.1, 0.15) is 90.2 Å². The first-order valence-corrected chi connectivity index (χ1v) is 27.3. The van der Waals surface area contributed by atoms with E-state index in [-0.39, 0.29) is 52.1 Å². The highest BCUT2D eigenvalue weighted by atomic mass is 35.5. The fraction of sp³-hybridized carbons (Fsp3) is 0.411. The van der Waals surface area contributed by atoms with Crippen molar-refractivity contribution in [2.45, 2.75) is 104 Å². The summed E-state index contributed by atoms with van der Waals surface area (Å²) in [5.74, 6) is -2.66. The Bertz CT molecular complexity index is 3280. The van der Waals surface area contributed by atoms with Gasteiger partial charge in [0.15, 0.2) is 5.82 Å². The summed E-state index contributed by atoms with van der Waals surface area (Å²) in [4.78, 5) is 94.8. The molecular formula is C56H64ClN13O8S. The average molecular weight is 1110 g/mol. The van der Waals surface area contributed by atoms with Gasteiger partial charge in [0.1, 0.15) is 46.7 Å². The van der Waals surface area contributed by atoms with Crippen LogP contribution in [0.3, 0.4) is 0 Å². The molecule has 3 aromatic carbocycles. The lowest BCUT2D eigenvalue weighted by Gasteiger charge is -2.35. The van der Waals surface area contributed by atoms with Gasteiger partial charge in [-0.3, -0.25) is 38.3 Å². The molecule has 0 saturated carbocycles.